The highest BCUT2D eigenvalue weighted by atomic mass is 35.5. The fraction of sp³-hybridized carbons (Fsp3) is 0.136. The second-order valence-corrected chi connectivity index (χ2v) is 7.28. The summed E-state index contributed by atoms with van der Waals surface area (Å²) in [5, 5.41) is 10.3. The maximum absolute atomic E-state index is 13.5. The third-order valence-electron chi connectivity index (χ3n) is 5.01. The van der Waals surface area contributed by atoms with Crippen molar-refractivity contribution in [2.75, 3.05) is 0 Å². The molecule has 1 aliphatic heterocycles. The molecule has 1 atom stereocenters. The van der Waals surface area contributed by atoms with E-state index in [1.54, 1.807) is 34.9 Å². The Balaban J connectivity index is 1.92. The third kappa shape index (κ3) is 3.37. The number of ether oxygens (including phenoxy) is 1. The molecule has 0 aliphatic carbocycles. The third-order valence-corrected chi connectivity index (χ3v) is 5.26. The van der Waals surface area contributed by atoms with Crippen LogP contribution in [0.25, 0.3) is 0 Å². The largest absolute Gasteiger partial charge is 0.440 e. The average Bonchev–Trinajstić information content (AvgIpc) is 2.71. The summed E-state index contributed by atoms with van der Waals surface area (Å²) in [5.74, 6) is -0.239. The van der Waals surface area contributed by atoms with Gasteiger partial charge in [-0.1, -0.05) is 23.7 Å². The highest BCUT2D eigenvalue weighted by molar-refractivity contribution is 6.30. The summed E-state index contributed by atoms with van der Waals surface area (Å²) in [6, 6.07) is 14.8. The van der Waals surface area contributed by atoms with Crippen LogP contribution in [0, 0.1) is 18.3 Å². The number of pyridine rings is 2. The zero-order valence-electron chi connectivity index (χ0n) is 15.6. The van der Waals surface area contributed by atoms with Gasteiger partial charge in [0.1, 0.15) is 17.4 Å². The number of aryl methyl sites for hydroxylation is 1. The molecule has 0 radical (unpaired) electrons. The van der Waals surface area contributed by atoms with Crippen molar-refractivity contribution < 1.29 is 9.72 Å². The highest BCUT2D eigenvalue weighted by Crippen LogP contribution is 2.40. The number of halogens is 1. The number of benzene rings is 1. The molecule has 0 saturated heterocycles. The molecular formula is C22H18ClN4O2+. The summed E-state index contributed by atoms with van der Waals surface area (Å²) < 4.78 is 7.34. The van der Waals surface area contributed by atoms with Crippen molar-refractivity contribution in [3.8, 4) is 11.8 Å². The van der Waals surface area contributed by atoms with Gasteiger partial charge in [-0.25, -0.2) is 4.98 Å². The van der Waals surface area contributed by atoms with Crippen LogP contribution in [0.3, 0.4) is 0 Å². The number of hydrogen-bond donors (Lipinski definition) is 1. The van der Waals surface area contributed by atoms with Gasteiger partial charge in [0.15, 0.2) is 12.4 Å². The molecule has 1 aliphatic rings. The van der Waals surface area contributed by atoms with Gasteiger partial charge in [0.05, 0.1) is 18.0 Å². The van der Waals surface area contributed by atoms with Crippen LogP contribution in [-0.4, -0.2) is 4.57 Å². The summed E-state index contributed by atoms with van der Waals surface area (Å²) in [5.41, 5.74) is 8.84. The van der Waals surface area contributed by atoms with Gasteiger partial charge in [-0.2, -0.15) is 5.26 Å². The molecule has 2 aromatic heterocycles. The van der Waals surface area contributed by atoms with Crippen LogP contribution in [-0.2, 0) is 6.54 Å². The van der Waals surface area contributed by atoms with Gasteiger partial charge in [0.25, 0.3) is 5.56 Å². The molecule has 3 aromatic rings. The molecule has 0 spiro atoms. The van der Waals surface area contributed by atoms with Gasteiger partial charge in [-0.3, -0.25) is 4.79 Å². The SMILES string of the molecule is Cc1cc2c(c(=O)n1Cc1ccc[nH+]c1)C(c1ccc(Cl)cc1)C(C#N)=C(N)O2. The molecule has 7 heteroatoms. The lowest BCUT2D eigenvalue weighted by molar-refractivity contribution is -0.378. The number of nitriles is 1. The lowest BCUT2D eigenvalue weighted by Gasteiger charge is -2.27. The van der Waals surface area contributed by atoms with Crippen LogP contribution >= 0.6 is 11.6 Å². The number of rotatable bonds is 3. The Hall–Kier alpha value is -3.56. The molecule has 29 heavy (non-hydrogen) atoms. The van der Waals surface area contributed by atoms with Gasteiger partial charge in [-0.15, -0.1) is 0 Å². The van der Waals surface area contributed by atoms with Crippen LogP contribution in [0.5, 0.6) is 5.75 Å². The number of nitrogens with one attached hydrogen (secondary N) is 1. The quantitative estimate of drug-likeness (QED) is 0.724. The van der Waals surface area contributed by atoms with E-state index in [0.717, 1.165) is 16.8 Å². The summed E-state index contributed by atoms with van der Waals surface area (Å²) in [7, 11) is 0. The van der Waals surface area contributed by atoms with Crippen LogP contribution in [0.15, 0.2) is 71.1 Å². The van der Waals surface area contributed by atoms with E-state index in [4.69, 9.17) is 22.1 Å². The van der Waals surface area contributed by atoms with Crippen molar-refractivity contribution in [2.45, 2.75) is 19.4 Å². The van der Waals surface area contributed by atoms with Crippen molar-refractivity contribution >= 4 is 11.6 Å². The van der Waals surface area contributed by atoms with Crippen molar-refractivity contribution in [1.29, 1.82) is 5.26 Å². The minimum Gasteiger partial charge on any atom is -0.440 e. The summed E-state index contributed by atoms with van der Waals surface area (Å²) in [6.07, 6.45) is 3.65. The molecule has 0 bridgehead atoms. The lowest BCUT2D eigenvalue weighted by Crippen LogP contribution is -2.33. The van der Waals surface area contributed by atoms with Crippen LogP contribution < -0.4 is 21.0 Å². The maximum atomic E-state index is 13.5. The standard InChI is InChI=1S/C22H17ClN4O2/c1-13-9-18-20(22(28)27(13)12-14-3-2-8-26-11-14)19(17(10-24)21(25)29-18)15-4-6-16(23)7-5-15/h2-9,11,19H,12,25H2,1H3/p+1. The molecule has 6 nitrogen and oxygen atoms in total. The number of nitrogens with zero attached hydrogens (tertiary/aromatic N) is 2. The molecule has 3 N–H and O–H groups in total. The number of allylic oxidation sites excluding steroid dienone is 1. The van der Waals surface area contributed by atoms with Crippen LogP contribution in [0.4, 0.5) is 0 Å². The normalized spacial score (nSPS) is 15.4. The van der Waals surface area contributed by atoms with E-state index in [0.29, 0.717) is 22.9 Å². The predicted molar refractivity (Wildman–Crippen MR) is 108 cm³/mol. The van der Waals surface area contributed by atoms with E-state index >= 15 is 0 Å². The van der Waals surface area contributed by atoms with Crippen LogP contribution in [0.2, 0.25) is 5.02 Å². The zero-order chi connectivity index (χ0) is 20.5. The number of fused-ring (bicyclic) bond motifs is 1. The van der Waals surface area contributed by atoms with Gasteiger partial charge in [0, 0.05) is 28.4 Å². The number of hydrogen-bond acceptors (Lipinski definition) is 4. The van der Waals surface area contributed by atoms with Crippen molar-refractivity contribution in [1.82, 2.24) is 4.57 Å². The Kier molecular flexibility index (Phi) is 4.83. The highest BCUT2D eigenvalue weighted by Gasteiger charge is 2.34. The molecule has 0 fully saturated rings. The van der Waals surface area contributed by atoms with Crippen LogP contribution in [0.1, 0.15) is 28.3 Å². The molecular weight excluding hydrogens is 388 g/mol. The first-order valence-electron chi connectivity index (χ1n) is 9.02. The average molecular weight is 406 g/mol. The van der Waals surface area contributed by atoms with Gasteiger partial charge in [-0.05, 0) is 30.7 Å². The number of aromatic amines is 1. The van der Waals surface area contributed by atoms with E-state index < -0.39 is 5.92 Å². The monoisotopic (exact) mass is 405 g/mol. The summed E-state index contributed by atoms with van der Waals surface area (Å²) >= 11 is 6.02. The first kappa shape index (κ1) is 18.8. The minimum absolute atomic E-state index is 0.00848. The Morgan fingerprint density at radius 3 is 2.72 bits per heavy atom. The molecule has 3 heterocycles. The van der Waals surface area contributed by atoms with E-state index in [2.05, 4.69) is 11.1 Å². The van der Waals surface area contributed by atoms with E-state index in [1.807, 2.05) is 31.5 Å². The zero-order valence-corrected chi connectivity index (χ0v) is 16.4. The first-order valence-corrected chi connectivity index (χ1v) is 9.39. The van der Waals surface area contributed by atoms with Crippen molar-refractivity contribution in [3.05, 3.63) is 104 Å². The van der Waals surface area contributed by atoms with E-state index in [9.17, 15) is 10.1 Å². The summed E-state index contributed by atoms with van der Waals surface area (Å²) in [6.45, 7) is 2.23. The van der Waals surface area contributed by atoms with Crippen molar-refractivity contribution in [2.24, 2.45) is 5.73 Å². The Bertz CT molecular complexity index is 1210. The number of nitrogens with two attached hydrogens (primary N) is 1. The molecule has 1 aromatic carbocycles. The Labute approximate surface area is 172 Å². The molecule has 0 amide bonds. The smallest absolute Gasteiger partial charge is 0.259 e. The number of aromatic nitrogens is 2. The second-order valence-electron chi connectivity index (χ2n) is 6.84. The lowest BCUT2D eigenvalue weighted by atomic mass is 9.84. The number of H-pyrrole nitrogens is 1. The van der Waals surface area contributed by atoms with Gasteiger partial charge in [0.2, 0.25) is 5.88 Å². The molecule has 0 saturated carbocycles. The fourth-order valence-electron chi connectivity index (χ4n) is 3.58. The molecule has 4 rings (SSSR count). The topological polar surface area (TPSA) is 95.2 Å². The first-order chi connectivity index (χ1) is 14.0. The maximum Gasteiger partial charge on any atom is 0.259 e. The van der Waals surface area contributed by atoms with E-state index in [-0.39, 0.29) is 17.0 Å². The molecule has 144 valence electrons. The van der Waals surface area contributed by atoms with Crippen molar-refractivity contribution in [3.63, 3.8) is 0 Å². The van der Waals surface area contributed by atoms with Gasteiger partial charge < -0.3 is 15.0 Å². The minimum atomic E-state index is -0.622. The summed E-state index contributed by atoms with van der Waals surface area (Å²) in [4.78, 5) is 16.6. The van der Waals surface area contributed by atoms with E-state index in [1.165, 1.54) is 0 Å². The molecule has 1 unspecified atom stereocenters. The second kappa shape index (κ2) is 7.46. The van der Waals surface area contributed by atoms with Gasteiger partial charge >= 0.3 is 0 Å². The predicted octanol–water partition coefficient (Wildman–Crippen LogP) is 2.89. The fourth-order valence-corrected chi connectivity index (χ4v) is 3.71. The Morgan fingerprint density at radius 2 is 2.07 bits per heavy atom. The Morgan fingerprint density at radius 1 is 1.31 bits per heavy atom.